The highest BCUT2D eigenvalue weighted by Gasteiger charge is 2.19. The minimum atomic E-state index is -0.278. The molecule has 0 fully saturated rings. The van der Waals surface area contributed by atoms with Gasteiger partial charge in [0.25, 0.3) is 5.91 Å². The number of carbonyl (C=O) groups excluding carboxylic acids is 1. The van der Waals surface area contributed by atoms with Gasteiger partial charge in [0.05, 0.1) is 22.8 Å². The molecule has 0 saturated heterocycles. The van der Waals surface area contributed by atoms with E-state index >= 15 is 0 Å². The molecule has 0 aliphatic carbocycles. The molecule has 30 heavy (non-hydrogen) atoms. The molecule has 152 valence electrons. The summed E-state index contributed by atoms with van der Waals surface area (Å²) < 4.78 is 0. The van der Waals surface area contributed by atoms with E-state index in [1.165, 1.54) is 27.8 Å². The van der Waals surface area contributed by atoms with Crippen molar-refractivity contribution in [3.05, 3.63) is 105 Å². The van der Waals surface area contributed by atoms with Crippen molar-refractivity contribution in [1.29, 1.82) is 0 Å². The van der Waals surface area contributed by atoms with Crippen LogP contribution in [0.2, 0.25) is 10.0 Å². The molecule has 1 amide bonds. The zero-order chi connectivity index (χ0) is 20.9. The lowest BCUT2D eigenvalue weighted by Crippen LogP contribution is -3.10. The van der Waals surface area contributed by atoms with Crippen molar-refractivity contribution in [3.63, 3.8) is 0 Å². The van der Waals surface area contributed by atoms with Gasteiger partial charge in [0, 0.05) is 28.7 Å². The standard InChI is InChI=1S/C24H21Cl2N3O/c25-22-6-3-7-23(26)21(22)14-27-28-24(30)19-10-8-17(9-11-19)15-29-13-12-18-4-1-2-5-20(18)16-29/h1-11,14H,12-13,15-16H2,(H,28,30)/p+1. The normalized spacial score (nSPS) is 15.7. The number of rotatable bonds is 5. The van der Waals surface area contributed by atoms with Crippen LogP contribution in [0.4, 0.5) is 0 Å². The summed E-state index contributed by atoms with van der Waals surface area (Å²) in [7, 11) is 0. The molecule has 4 nitrogen and oxygen atoms in total. The zero-order valence-electron chi connectivity index (χ0n) is 16.4. The fourth-order valence-corrected chi connectivity index (χ4v) is 4.21. The van der Waals surface area contributed by atoms with Crippen LogP contribution in [0.1, 0.15) is 32.6 Å². The first-order valence-corrected chi connectivity index (χ1v) is 10.6. The number of amides is 1. The zero-order valence-corrected chi connectivity index (χ0v) is 17.9. The van der Waals surface area contributed by atoms with E-state index in [1.54, 1.807) is 18.2 Å². The second-order valence-electron chi connectivity index (χ2n) is 7.40. The molecule has 1 heterocycles. The molecule has 6 heteroatoms. The number of hydrogen-bond acceptors (Lipinski definition) is 2. The Morgan fingerprint density at radius 3 is 2.40 bits per heavy atom. The molecule has 1 atom stereocenters. The summed E-state index contributed by atoms with van der Waals surface area (Å²) >= 11 is 12.2. The number of hydrogen-bond donors (Lipinski definition) is 2. The van der Waals surface area contributed by atoms with E-state index in [-0.39, 0.29) is 5.91 Å². The third-order valence-corrected chi connectivity index (χ3v) is 6.00. The van der Waals surface area contributed by atoms with Gasteiger partial charge in [0.1, 0.15) is 13.1 Å². The van der Waals surface area contributed by atoms with Gasteiger partial charge in [-0.15, -0.1) is 0 Å². The number of nitrogens with zero attached hydrogens (tertiary/aromatic N) is 1. The van der Waals surface area contributed by atoms with E-state index in [0.29, 0.717) is 21.2 Å². The van der Waals surface area contributed by atoms with Crippen molar-refractivity contribution in [1.82, 2.24) is 5.43 Å². The second kappa shape index (κ2) is 9.43. The Kier molecular flexibility index (Phi) is 6.48. The van der Waals surface area contributed by atoms with Gasteiger partial charge >= 0.3 is 0 Å². The molecule has 1 aliphatic heterocycles. The van der Waals surface area contributed by atoms with Crippen molar-refractivity contribution in [2.45, 2.75) is 19.5 Å². The average molecular weight is 439 g/mol. The number of halogens is 2. The lowest BCUT2D eigenvalue weighted by Gasteiger charge is -2.26. The first kappa shape index (κ1) is 20.6. The van der Waals surface area contributed by atoms with Gasteiger partial charge in [-0.05, 0) is 29.8 Å². The molecule has 4 rings (SSSR count). The monoisotopic (exact) mass is 438 g/mol. The first-order valence-electron chi connectivity index (χ1n) is 9.87. The highest BCUT2D eigenvalue weighted by Crippen LogP contribution is 2.22. The Morgan fingerprint density at radius 1 is 0.967 bits per heavy atom. The Balaban J connectivity index is 1.34. The lowest BCUT2D eigenvalue weighted by molar-refractivity contribution is -0.929. The smallest absolute Gasteiger partial charge is 0.271 e. The minimum absolute atomic E-state index is 0.278. The van der Waals surface area contributed by atoms with Crippen molar-refractivity contribution >= 4 is 35.3 Å². The van der Waals surface area contributed by atoms with Gasteiger partial charge < -0.3 is 4.90 Å². The number of quaternary nitrogens is 1. The van der Waals surface area contributed by atoms with Crippen molar-refractivity contribution in [2.75, 3.05) is 6.54 Å². The molecule has 2 N–H and O–H groups in total. The molecule has 0 bridgehead atoms. The Morgan fingerprint density at radius 2 is 1.67 bits per heavy atom. The summed E-state index contributed by atoms with van der Waals surface area (Å²) in [6.45, 7) is 3.11. The Bertz CT molecular complexity index is 1060. The third kappa shape index (κ3) is 4.90. The molecular weight excluding hydrogens is 417 g/mol. The average Bonchev–Trinajstić information content (AvgIpc) is 2.76. The summed E-state index contributed by atoms with van der Waals surface area (Å²) in [6, 6.07) is 21.6. The largest absolute Gasteiger partial charge is 0.327 e. The SMILES string of the molecule is O=C(NN=Cc1c(Cl)cccc1Cl)c1ccc(C[NH+]2CCc3ccccc3C2)cc1. The number of hydrazone groups is 1. The summed E-state index contributed by atoms with van der Waals surface area (Å²) in [5.41, 5.74) is 7.77. The van der Waals surface area contributed by atoms with E-state index in [4.69, 9.17) is 23.2 Å². The second-order valence-corrected chi connectivity index (χ2v) is 8.22. The van der Waals surface area contributed by atoms with Crippen LogP contribution in [0.15, 0.2) is 71.8 Å². The fourth-order valence-electron chi connectivity index (χ4n) is 3.71. The Labute approximate surface area is 186 Å². The van der Waals surface area contributed by atoms with Gasteiger partial charge in [0.2, 0.25) is 0 Å². The summed E-state index contributed by atoms with van der Waals surface area (Å²) in [5.74, 6) is -0.278. The lowest BCUT2D eigenvalue weighted by atomic mass is 9.99. The molecule has 3 aromatic carbocycles. The van der Waals surface area contributed by atoms with Gasteiger partial charge in [0.15, 0.2) is 0 Å². The maximum atomic E-state index is 12.3. The number of fused-ring (bicyclic) bond motifs is 1. The van der Waals surface area contributed by atoms with Crippen LogP contribution in [0, 0.1) is 0 Å². The summed E-state index contributed by atoms with van der Waals surface area (Å²) in [6.07, 6.45) is 2.56. The molecular formula is C24H22Cl2N3O+. The molecule has 0 saturated carbocycles. The van der Waals surface area contributed by atoms with Crippen LogP contribution < -0.4 is 10.3 Å². The van der Waals surface area contributed by atoms with Crippen LogP contribution in [0.3, 0.4) is 0 Å². The number of benzene rings is 3. The minimum Gasteiger partial charge on any atom is -0.327 e. The third-order valence-electron chi connectivity index (χ3n) is 5.34. The molecule has 0 radical (unpaired) electrons. The van der Waals surface area contributed by atoms with Gasteiger partial charge in [-0.25, -0.2) is 5.43 Å². The van der Waals surface area contributed by atoms with Crippen LogP contribution in [-0.2, 0) is 19.5 Å². The van der Waals surface area contributed by atoms with E-state index in [9.17, 15) is 4.79 Å². The molecule has 3 aromatic rings. The van der Waals surface area contributed by atoms with Crippen molar-refractivity contribution in [3.8, 4) is 0 Å². The van der Waals surface area contributed by atoms with Crippen LogP contribution >= 0.6 is 23.2 Å². The van der Waals surface area contributed by atoms with Gasteiger partial charge in [-0.1, -0.05) is 65.7 Å². The van der Waals surface area contributed by atoms with Crippen LogP contribution in [0.25, 0.3) is 0 Å². The van der Waals surface area contributed by atoms with Gasteiger partial charge in [-0.3, -0.25) is 4.79 Å². The predicted molar refractivity (Wildman–Crippen MR) is 121 cm³/mol. The topological polar surface area (TPSA) is 45.9 Å². The number of carbonyl (C=O) groups is 1. The van der Waals surface area contributed by atoms with Crippen LogP contribution in [0.5, 0.6) is 0 Å². The predicted octanol–water partition coefficient (Wildman–Crippen LogP) is 3.90. The highest BCUT2D eigenvalue weighted by molar-refractivity contribution is 6.38. The quantitative estimate of drug-likeness (QED) is 0.460. The van der Waals surface area contributed by atoms with E-state index in [1.807, 2.05) is 24.3 Å². The van der Waals surface area contributed by atoms with E-state index in [2.05, 4.69) is 34.8 Å². The molecule has 0 aromatic heterocycles. The maximum absolute atomic E-state index is 12.3. The van der Waals surface area contributed by atoms with Crippen molar-refractivity contribution in [2.24, 2.45) is 5.10 Å². The Hall–Kier alpha value is -2.66. The van der Waals surface area contributed by atoms with E-state index in [0.717, 1.165) is 26.1 Å². The highest BCUT2D eigenvalue weighted by atomic mass is 35.5. The maximum Gasteiger partial charge on any atom is 0.271 e. The fraction of sp³-hybridized carbons (Fsp3) is 0.167. The van der Waals surface area contributed by atoms with Crippen LogP contribution in [-0.4, -0.2) is 18.7 Å². The molecule has 0 spiro atoms. The summed E-state index contributed by atoms with van der Waals surface area (Å²) in [5, 5.41) is 4.94. The van der Waals surface area contributed by atoms with E-state index < -0.39 is 0 Å². The first-order chi connectivity index (χ1) is 14.6. The molecule has 1 aliphatic rings. The summed E-state index contributed by atoms with van der Waals surface area (Å²) in [4.78, 5) is 13.9. The number of nitrogens with one attached hydrogen (secondary N) is 2. The van der Waals surface area contributed by atoms with Crippen molar-refractivity contribution < 1.29 is 9.69 Å². The molecule has 1 unspecified atom stereocenters. The van der Waals surface area contributed by atoms with Gasteiger partial charge in [-0.2, -0.15) is 5.10 Å².